The maximum absolute atomic E-state index is 14.7. The number of aromatic carboxylic acids is 1. The molecule has 1 N–H and O–H groups in total. The van der Waals surface area contributed by atoms with Crippen LogP contribution in [-0.2, 0) is 17.8 Å². The molecule has 0 spiro atoms. The summed E-state index contributed by atoms with van der Waals surface area (Å²) in [6, 6.07) is 15.7. The first-order valence-corrected chi connectivity index (χ1v) is 14.9. The van der Waals surface area contributed by atoms with E-state index in [1.54, 1.807) is 30.3 Å². The first-order valence-electron chi connectivity index (χ1n) is 14.5. The van der Waals surface area contributed by atoms with Crippen LogP contribution in [-0.4, -0.2) is 70.5 Å². The number of carboxylic acids is 1. The summed E-state index contributed by atoms with van der Waals surface area (Å²) in [4.78, 5) is 21.3. The maximum Gasteiger partial charge on any atom is 0.335 e. The number of hydrogen-bond acceptors (Lipinski definition) is 7. The largest absolute Gasteiger partial charge is 0.485 e. The van der Waals surface area contributed by atoms with Crippen LogP contribution in [0.25, 0.3) is 11.0 Å². The number of para-hydroxylation sites is 1. The van der Waals surface area contributed by atoms with Crippen molar-refractivity contribution in [2.75, 3.05) is 37.7 Å². The van der Waals surface area contributed by atoms with Crippen molar-refractivity contribution in [1.29, 1.82) is 0 Å². The van der Waals surface area contributed by atoms with E-state index in [2.05, 4.69) is 21.3 Å². The van der Waals surface area contributed by atoms with Crippen molar-refractivity contribution in [3.8, 4) is 11.5 Å². The molecule has 0 radical (unpaired) electrons. The molecule has 0 unspecified atom stereocenters. The third-order valence-electron chi connectivity index (χ3n) is 8.62. The van der Waals surface area contributed by atoms with Gasteiger partial charge in [-0.25, -0.2) is 14.2 Å². The van der Waals surface area contributed by atoms with Crippen molar-refractivity contribution in [3.63, 3.8) is 0 Å². The normalized spacial score (nSPS) is 22.0. The predicted octanol–water partition coefficient (Wildman–Crippen LogP) is 5.54. The smallest absolute Gasteiger partial charge is 0.335 e. The number of hydrogen-bond donors (Lipinski definition) is 1. The third-order valence-corrected chi connectivity index (χ3v) is 8.86. The number of carbonyl (C=O) groups is 1. The van der Waals surface area contributed by atoms with Crippen LogP contribution < -0.4 is 14.4 Å². The molecular weight excluding hydrogens is 575 g/mol. The number of piperazine rings is 1. The summed E-state index contributed by atoms with van der Waals surface area (Å²) in [7, 11) is 0. The standard InChI is InChI=1S/C32H32ClFN4O5/c1-19-15-37(26-3-2-4-28-31(26)43-29(18-42-28)23-7-6-21(33)14-24(23)34)11-10-36(19)17-30-35-25-8-5-20(32(39)40)13-27(25)38(30)16-22-9-12-41-22/h2-8,13-14,19,22,29H,9-12,15-18H2,1H3,(H,39,40)/t19-,22-,29-/m0/s1. The molecule has 3 aromatic carbocycles. The number of ether oxygens (including phenoxy) is 3. The Kier molecular flexibility index (Phi) is 7.36. The Morgan fingerprint density at radius 2 is 2.02 bits per heavy atom. The number of aromatic nitrogens is 2. The Bertz CT molecular complexity index is 1690. The van der Waals surface area contributed by atoms with Crippen molar-refractivity contribution in [3.05, 3.63) is 82.4 Å². The second kappa shape index (κ2) is 11.3. The fourth-order valence-corrected chi connectivity index (χ4v) is 6.29. The molecule has 11 heteroatoms. The Balaban J connectivity index is 1.10. The molecule has 43 heavy (non-hydrogen) atoms. The van der Waals surface area contributed by atoms with Crippen LogP contribution in [0.1, 0.15) is 41.2 Å². The number of anilines is 1. The highest BCUT2D eigenvalue weighted by Crippen LogP contribution is 2.44. The second-order valence-electron chi connectivity index (χ2n) is 11.4. The van der Waals surface area contributed by atoms with Gasteiger partial charge in [-0.15, -0.1) is 0 Å². The Hall–Kier alpha value is -3.86. The molecule has 4 aromatic rings. The molecule has 0 bridgehead atoms. The lowest BCUT2D eigenvalue weighted by molar-refractivity contribution is -0.0592. The number of imidazole rings is 1. The van der Waals surface area contributed by atoms with Crippen LogP contribution in [0.3, 0.4) is 0 Å². The van der Waals surface area contributed by atoms with Gasteiger partial charge in [0.15, 0.2) is 17.6 Å². The first-order chi connectivity index (χ1) is 20.8. The number of benzene rings is 3. The van der Waals surface area contributed by atoms with Gasteiger partial charge in [0.1, 0.15) is 18.2 Å². The molecule has 0 amide bonds. The molecule has 0 saturated carbocycles. The number of fused-ring (bicyclic) bond motifs is 2. The van der Waals surface area contributed by atoms with Crippen molar-refractivity contribution >= 4 is 34.3 Å². The summed E-state index contributed by atoms with van der Waals surface area (Å²) in [5.41, 5.74) is 3.17. The summed E-state index contributed by atoms with van der Waals surface area (Å²) in [6.07, 6.45) is 0.500. The van der Waals surface area contributed by atoms with Crippen LogP contribution in [0.5, 0.6) is 11.5 Å². The minimum absolute atomic E-state index is 0.107. The minimum atomic E-state index is -0.956. The molecule has 3 aliphatic rings. The van der Waals surface area contributed by atoms with Gasteiger partial charge in [0.05, 0.1) is 41.5 Å². The molecular formula is C32H32ClFN4O5. The molecule has 1 aromatic heterocycles. The SMILES string of the molecule is C[C@H]1CN(c2cccc3c2O[C@H](c2ccc(Cl)cc2F)CO3)CCN1Cc1nc2ccc(C(=O)O)cc2n1C[C@@H]1CCO1. The zero-order chi connectivity index (χ0) is 29.7. The molecule has 7 rings (SSSR count). The highest BCUT2D eigenvalue weighted by atomic mass is 35.5. The fraction of sp³-hybridized carbons (Fsp3) is 0.375. The van der Waals surface area contributed by atoms with Gasteiger partial charge in [-0.1, -0.05) is 23.7 Å². The van der Waals surface area contributed by atoms with Crippen LogP contribution in [0, 0.1) is 5.82 Å². The summed E-state index contributed by atoms with van der Waals surface area (Å²) >= 11 is 5.96. The van der Waals surface area contributed by atoms with Gasteiger partial charge < -0.3 is 28.8 Å². The average Bonchev–Trinajstić information content (AvgIpc) is 3.31. The quantitative estimate of drug-likeness (QED) is 0.293. The van der Waals surface area contributed by atoms with E-state index in [0.717, 1.165) is 55.2 Å². The van der Waals surface area contributed by atoms with Crippen molar-refractivity contribution in [2.24, 2.45) is 0 Å². The van der Waals surface area contributed by atoms with E-state index in [-0.39, 0.29) is 24.3 Å². The van der Waals surface area contributed by atoms with Crippen LogP contribution in [0.2, 0.25) is 5.02 Å². The minimum Gasteiger partial charge on any atom is -0.485 e. The predicted molar refractivity (Wildman–Crippen MR) is 160 cm³/mol. The van der Waals surface area contributed by atoms with Gasteiger partial charge in [-0.2, -0.15) is 0 Å². The van der Waals surface area contributed by atoms with Gasteiger partial charge in [0.25, 0.3) is 0 Å². The molecule has 3 atom stereocenters. The lowest BCUT2D eigenvalue weighted by Crippen LogP contribution is -2.52. The van der Waals surface area contributed by atoms with E-state index in [0.29, 0.717) is 35.2 Å². The Morgan fingerprint density at radius 1 is 1.16 bits per heavy atom. The number of rotatable bonds is 7. The van der Waals surface area contributed by atoms with Gasteiger partial charge in [-0.3, -0.25) is 4.90 Å². The monoisotopic (exact) mass is 606 g/mol. The highest BCUT2D eigenvalue weighted by molar-refractivity contribution is 6.30. The maximum atomic E-state index is 14.7. The van der Waals surface area contributed by atoms with E-state index < -0.39 is 17.9 Å². The molecule has 3 aliphatic heterocycles. The van der Waals surface area contributed by atoms with Gasteiger partial charge in [0, 0.05) is 42.9 Å². The first kappa shape index (κ1) is 27.9. The van der Waals surface area contributed by atoms with Gasteiger partial charge in [0.2, 0.25) is 0 Å². The summed E-state index contributed by atoms with van der Waals surface area (Å²) in [6.45, 7) is 6.70. The third kappa shape index (κ3) is 5.39. The van der Waals surface area contributed by atoms with Crippen molar-refractivity contribution in [2.45, 2.75) is 44.7 Å². The van der Waals surface area contributed by atoms with Gasteiger partial charge >= 0.3 is 5.97 Å². The van der Waals surface area contributed by atoms with Crippen LogP contribution >= 0.6 is 11.6 Å². The molecule has 2 saturated heterocycles. The molecule has 4 heterocycles. The molecule has 2 fully saturated rings. The highest BCUT2D eigenvalue weighted by Gasteiger charge is 2.32. The van der Waals surface area contributed by atoms with Gasteiger partial charge in [-0.05, 0) is 55.8 Å². The van der Waals surface area contributed by atoms with Crippen molar-refractivity contribution in [1.82, 2.24) is 14.5 Å². The molecule has 0 aliphatic carbocycles. The second-order valence-corrected chi connectivity index (χ2v) is 11.8. The van der Waals surface area contributed by atoms with E-state index >= 15 is 0 Å². The summed E-state index contributed by atoms with van der Waals surface area (Å²) < 4.78 is 35.0. The number of halogens is 2. The lowest BCUT2D eigenvalue weighted by Gasteiger charge is -2.42. The van der Waals surface area contributed by atoms with E-state index in [1.807, 2.05) is 18.2 Å². The Morgan fingerprint density at radius 3 is 2.77 bits per heavy atom. The molecule has 9 nitrogen and oxygen atoms in total. The van der Waals surface area contributed by atoms with E-state index in [1.165, 1.54) is 6.07 Å². The topological polar surface area (TPSA) is 89.3 Å². The van der Waals surface area contributed by atoms with E-state index in [4.69, 9.17) is 30.8 Å². The van der Waals surface area contributed by atoms with Crippen LogP contribution in [0.15, 0.2) is 54.6 Å². The average molecular weight is 607 g/mol. The summed E-state index contributed by atoms with van der Waals surface area (Å²) in [5.74, 6) is 0.785. The molecule has 224 valence electrons. The van der Waals surface area contributed by atoms with Crippen molar-refractivity contribution < 1.29 is 28.5 Å². The van der Waals surface area contributed by atoms with Crippen LogP contribution in [0.4, 0.5) is 10.1 Å². The van der Waals surface area contributed by atoms with E-state index in [9.17, 15) is 14.3 Å². The number of carboxylic acid groups (broad SMARTS) is 1. The zero-order valence-corrected chi connectivity index (χ0v) is 24.5. The summed E-state index contributed by atoms with van der Waals surface area (Å²) in [5, 5.41) is 9.89. The number of nitrogens with zero attached hydrogens (tertiary/aromatic N) is 4. The lowest BCUT2D eigenvalue weighted by atomic mass is 10.1. The Labute approximate surface area is 253 Å². The fourth-order valence-electron chi connectivity index (χ4n) is 6.14. The zero-order valence-electron chi connectivity index (χ0n) is 23.7.